The molecule has 0 fully saturated rings. The van der Waals surface area contributed by atoms with Crippen LogP contribution in [0, 0.1) is 0 Å². The van der Waals surface area contributed by atoms with Crippen molar-refractivity contribution in [3.8, 4) is 0 Å². The van der Waals surface area contributed by atoms with Gasteiger partial charge in [0.1, 0.15) is 0 Å². The van der Waals surface area contributed by atoms with Crippen LogP contribution >= 0.6 is 0 Å². The third-order valence-corrected chi connectivity index (χ3v) is 0. The van der Waals surface area contributed by atoms with Gasteiger partial charge in [-0.05, 0) is 0 Å². The van der Waals surface area contributed by atoms with E-state index in [9.17, 15) is 0 Å². The Morgan fingerprint density at radius 1 is 0.900 bits per heavy atom. The molecule has 0 N–H and O–H groups in total. The Kier molecular flexibility index (Phi) is 68.9. The molecular formula is CaCl2Na2O4S. The van der Waals surface area contributed by atoms with Gasteiger partial charge < -0.3 is 33.9 Å². The van der Waals surface area contributed by atoms with Crippen molar-refractivity contribution in [2.45, 2.75) is 0 Å². The molecule has 0 aromatic carbocycles. The molecule has 0 aromatic rings. The maximum absolute atomic E-state index is 8.52. The second kappa shape index (κ2) is 18.5. The maximum Gasteiger partial charge on any atom is 2.00 e. The molecule has 10 heavy (non-hydrogen) atoms. The molecule has 0 aliphatic heterocycles. The minimum Gasteiger partial charge on any atom is -1.00 e. The Morgan fingerprint density at radius 2 is 0.900 bits per heavy atom. The molecule has 0 aliphatic carbocycles. The smallest absolute Gasteiger partial charge is 1.00 e. The van der Waals surface area contributed by atoms with Gasteiger partial charge in [0.25, 0.3) is 0 Å². The Labute approximate surface area is 146 Å². The van der Waals surface area contributed by atoms with Crippen LogP contribution in [-0.2, 0) is 10.4 Å². The van der Waals surface area contributed by atoms with Gasteiger partial charge in [-0.2, -0.15) is 0 Å². The van der Waals surface area contributed by atoms with Crippen LogP contribution in [0.15, 0.2) is 0 Å². The molecule has 0 unspecified atom stereocenters. The molecule has 0 rings (SSSR count). The van der Waals surface area contributed by atoms with Crippen LogP contribution in [-0.4, -0.2) is 55.3 Å². The summed E-state index contributed by atoms with van der Waals surface area (Å²) in [7, 11) is -5.17. The molecule has 4 nitrogen and oxygen atoms in total. The van der Waals surface area contributed by atoms with Crippen LogP contribution in [0.2, 0.25) is 0 Å². The molecule has 0 radical (unpaired) electrons. The maximum atomic E-state index is 8.52. The van der Waals surface area contributed by atoms with Crippen molar-refractivity contribution in [3.63, 3.8) is 0 Å². The molecule has 0 heterocycles. The van der Waals surface area contributed by atoms with Crippen molar-refractivity contribution < 1.29 is 101 Å². The average Bonchev–Trinajstić information content (AvgIpc) is 0.722. The summed E-state index contributed by atoms with van der Waals surface area (Å²) in [5.41, 5.74) is 0. The van der Waals surface area contributed by atoms with Crippen LogP contribution in [0.25, 0.3) is 0 Å². The molecule has 0 saturated carbocycles. The molecule has 0 bridgehead atoms. The van der Waals surface area contributed by atoms with E-state index in [1.807, 2.05) is 0 Å². The van der Waals surface area contributed by atoms with Crippen LogP contribution in [0.3, 0.4) is 0 Å². The van der Waals surface area contributed by atoms with E-state index in [4.69, 9.17) is 17.5 Å². The first-order valence-electron chi connectivity index (χ1n) is 0.667. The van der Waals surface area contributed by atoms with Crippen molar-refractivity contribution in [2.75, 3.05) is 0 Å². The molecule has 0 aromatic heterocycles. The van der Waals surface area contributed by atoms with Crippen molar-refractivity contribution in [2.24, 2.45) is 0 Å². The van der Waals surface area contributed by atoms with Crippen LogP contribution in [0.4, 0.5) is 0 Å². The number of halogens is 2. The fourth-order valence-corrected chi connectivity index (χ4v) is 0. The zero-order valence-corrected chi connectivity index (χ0v) is 14.0. The number of hydrogen-bond acceptors (Lipinski definition) is 4. The molecule has 0 amide bonds. The summed E-state index contributed by atoms with van der Waals surface area (Å²) in [5, 5.41) is 0. The Bertz CT molecular complexity index is 104. The van der Waals surface area contributed by atoms with Gasteiger partial charge in [-0.15, -0.1) is 0 Å². The van der Waals surface area contributed by atoms with Crippen molar-refractivity contribution in [3.05, 3.63) is 0 Å². The van der Waals surface area contributed by atoms with Gasteiger partial charge in [0, 0.05) is 10.4 Å². The van der Waals surface area contributed by atoms with E-state index < -0.39 is 10.4 Å². The Hall–Kier alpha value is 3.71. The van der Waals surface area contributed by atoms with Crippen LogP contribution in [0.1, 0.15) is 0 Å². The quantitative estimate of drug-likeness (QED) is 0.244. The van der Waals surface area contributed by atoms with Gasteiger partial charge in [-0.25, -0.2) is 0 Å². The SMILES string of the molecule is O=S(=O)([O-])[O-].[Ca+2].[Cl-].[Cl-].[Na+].[Na+]. The molecule has 0 atom stereocenters. The summed E-state index contributed by atoms with van der Waals surface area (Å²) in [6, 6.07) is 0. The van der Waals surface area contributed by atoms with E-state index in [1.165, 1.54) is 0 Å². The topological polar surface area (TPSA) is 80.3 Å². The number of rotatable bonds is 0. The minimum absolute atomic E-state index is 0. The van der Waals surface area contributed by atoms with E-state index in [1.54, 1.807) is 0 Å². The van der Waals surface area contributed by atoms with Crippen molar-refractivity contribution in [1.82, 2.24) is 0 Å². The van der Waals surface area contributed by atoms with Gasteiger partial charge in [-0.3, -0.25) is 8.42 Å². The summed E-state index contributed by atoms with van der Waals surface area (Å²) in [6.07, 6.45) is 0. The largest absolute Gasteiger partial charge is 2.00 e. The predicted molar refractivity (Wildman–Crippen MR) is 16.2 cm³/mol. The summed E-state index contributed by atoms with van der Waals surface area (Å²) in [6.45, 7) is 0. The first-order valence-corrected chi connectivity index (χ1v) is 2.00. The van der Waals surface area contributed by atoms with Gasteiger partial charge in [-0.1, -0.05) is 0 Å². The first-order chi connectivity index (χ1) is 2.00. The second-order valence-electron chi connectivity index (χ2n) is 0.408. The average molecular weight is 253 g/mol. The van der Waals surface area contributed by atoms with Crippen molar-refractivity contribution >= 4 is 48.1 Å². The summed E-state index contributed by atoms with van der Waals surface area (Å²) in [4.78, 5) is 0. The second-order valence-corrected chi connectivity index (χ2v) is 1.22. The molecule has 0 spiro atoms. The molecule has 0 aliphatic rings. The predicted octanol–water partition coefficient (Wildman–Crippen LogP) is -13.7. The zero-order valence-electron chi connectivity index (χ0n) is 5.50. The Morgan fingerprint density at radius 3 is 0.900 bits per heavy atom. The zero-order chi connectivity index (χ0) is 4.50. The molecule has 0 saturated heterocycles. The third kappa shape index (κ3) is 97.6. The van der Waals surface area contributed by atoms with E-state index in [0.29, 0.717) is 0 Å². The molecule has 10 heteroatoms. The molecular weight excluding hydrogens is 253 g/mol. The summed E-state index contributed by atoms with van der Waals surface area (Å²) >= 11 is 0. The van der Waals surface area contributed by atoms with E-state index >= 15 is 0 Å². The number of hydrogen-bond donors (Lipinski definition) is 0. The van der Waals surface area contributed by atoms with E-state index in [-0.39, 0.29) is 122 Å². The summed E-state index contributed by atoms with van der Waals surface area (Å²) < 4.78 is 34.1. The Balaban J connectivity index is -0.00000000800. The van der Waals surface area contributed by atoms with Gasteiger partial charge in [0.15, 0.2) is 0 Å². The van der Waals surface area contributed by atoms with Gasteiger partial charge in [0.05, 0.1) is 0 Å². The van der Waals surface area contributed by atoms with E-state index in [2.05, 4.69) is 0 Å². The molecule has 48 valence electrons. The fraction of sp³-hybridized carbons (Fsp3) is 0. The van der Waals surface area contributed by atoms with Crippen molar-refractivity contribution in [1.29, 1.82) is 0 Å². The normalized spacial score (nSPS) is 5.80. The van der Waals surface area contributed by atoms with Crippen LogP contribution < -0.4 is 83.9 Å². The monoisotopic (exact) mass is 252 g/mol. The fourth-order valence-electron chi connectivity index (χ4n) is 0. The van der Waals surface area contributed by atoms with E-state index in [0.717, 1.165) is 0 Å². The first kappa shape index (κ1) is 37.3. The van der Waals surface area contributed by atoms with Gasteiger partial charge in [0.2, 0.25) is 0 Å². The summed E-state index contributed by atoms with van der Waals surface area (Å²) in [5.74, 6) is 0. The van der Waals surface area contributed by atoms with Gasteiger partial charge >= 0.3 is 96.9 Å². The standard InChI is InChI=1S/Ca.2ClH.2Na.H2O4S/c;;;;;1-5(2,3)4/h;2*1H;;;(H2,1,2,3,4)/q+2;;;2*+1;/p-4. The third-order valence-electron chi connectivity index (χ3n) is 0. The van der Waals surface area contributed by atoms with Crippen LogP contribution in [0.5, 0.6) is 0 Å². The minimum atomic E-state index is -5.17.